The number of hydrogen-bond acceptors (Lipinski definition) is 1. The first-order chi connectivity index (χ1) is 28.7. The number of hydrogen-bond donors (Lipinski definition) is 0. The van der Waals surface area contributed by atoms with Gasteiger partial charge in [0.2, 0.25) is 0 Å². The molecule has 0 aliphatic heterocycles. The summed E-state index contributed by atoms with van der Waals surface area (Å²) in [5.41, 5.74) is 19.7. The molecular weight excluding hydrogens is 699 g/mol. The van der Waals surface area contributed by atoms with E-state index in [1.165, 1.54) is 93.9 Å². The summed E-state index contributed by atoms with van der Waals surface area (Å²) in [6.07, 6.45) is 0. The van der Waals surface area contributed by atoms with Crippen molar-refractivity contribution in [3.63, 3.8) is 0 Å². The van der Waals surface area contributed by atoms with Crippen LogP contribution in [0.3, 0.4) is 0 Å². The van der Waals surface area contributed by atoms with Gasteiger partial charge in [-0.3, -0.25) is 0 Å². The maximum atomic E-state index is 2.38. The van der Waals surface area contributed by atoms with Gasteiger partial charge in [0.1, 0.15) is 0 Å². The number of para-hydroxylation sites is 1. The Morgan fingerprint density at radius 2 is 0.724 bits per heavy atom. The third-order valence-corrected chi connectivity index (χ3v) is 11.9. The van der Waals surface area contributed by atoms with E-state index in [0.717, 1.165) is 17.1 Å². The molecule has 10 aromatic carbocycles. The van der Waals surface area contributed by atoms with Gasteiger partial charge in [0.25, 0.3) is 0 Å². The fourth-order valence-electron chi connectivity index (χ4n) is 9.25. The molecule has 0 aromatic heterocycles. The molecule has 1 aliphatic rings. The lowest BCUT2D eigenvalue weighted by Gasteiger charge is -2.26. The molecule has 1 heteroatoms. The smallest absolute Gasteiger partial charge is 0.0467 e. The Morgan fingerprint density at radius 1 is 0.276 bits per heavy atom. The van der Waals surface area contributed by atoms with Crippen LogP contribution < -0.4 is 4.90 Å². The molecule has 1 nitrogen and oxygen atoms in total. The molecule has 0 radical (unpaired) electrons. The quantitative estimate of drug-likeness (QED) is 0.157. The lowest BCUT2D eigenvalue weighted by atomic mass is 9.82. The summed E-state index contributed by atoms with van der Waals surface area (Å²) in [6, 6.07) is 80.0. The fourth-order valence-corrected chi connectivity index (χ4v) is 9.25. The third kappa shape index (κ3) is 5.55. The Bertz CT molecular complexity index is 3040. The number of nitrogens with zero attached hydrogens (tertiary/aromatic N) is 1. The molecule has 11 rings (SSSR count). The highest BCUT2D eigenvalue weighted by Crippen LogP contribution is 2.58. The van der Waals surface area contributed by atoms with E-state index in [0.29, 0.717) is 0 Å². The van der Waals surface area contributed by atoms with Crippen LogP contribution in [0, 0.1) is 6.92 Å². The Kier molecular flexibility index (Phi) is 8.12. The van der Waals surface area contributed by atoms with Gasteiger partial charge in [-0.05, 0) is 132 Å². The molecule has 0 saturated heterocycles. The summed E-state index contributed by atoms with van der Waals surface area (Å²) < 4.78 is 0. The Balaban J connectivity index is 1.10. The highest BCUT2D eigenvalue weighted by Gasteiger charge is 2.31. The summed E-state index contributed by atoms with van der Waals surface area (Å²) >= 11 is 0. The van der Waals surface area contributed by atoms with Crippen molar-refractivity contribution < 1.29 is 0 Å². The minimum Gasteiger partial charge on any atom is -0.310 e. The Labute approximate surface area is 339 Å². The van der Waals surface area contributed by atoms with Gasteiger partial charge in [-0.1, -0.05) is 188 Å². The summed E-state index contributed by atoms with van der Waals surface area (Å²) in [7, 11) is 0. The highest BCUT2D eigenvalue weighted by atomic mass is 15.1. The number of anilines is 3. The lowest BCUT2D eigenvalue weighted by molar-refractivity contribution is 1.28. The van der Waals surface area contributed by atoms with Gasteiger partial charge >= 0.3 is 0 Å². The number of benzene rings is 10. The molecule has 58 heavy (non-hydrogen) atoms. The second-order valence-electron chi connectivity index (χ2n) is 15.3. The predicted molar refractivity (Wildman–Crippen MR) is 247 cm³/mol. The van der Waals surface area contributed by atoms with Crippen LogP contribution in [0.1, 0.15) is 5.56 Å². The normalized spacial score (nSPS) is 11.5. The third-order valence-electron chi connectivity index (χ3n) is 11.9. The zero-order valence-corrected chi connectivity index (χ0v) is 32.2. The second kappa shape index (κ2) is 13.9. The maximum absolute atomic E-state index is 2.38. The molecule has 0 atom stereocenters. The van der Waals surface area contributed by atoms with Crippen molar-refractivity contribution in [2.75, 3.05) is 4.90 Å². The standard InChI is InChI=1S/C57H39N/c1-38-27-29-39(30-28-38)40-31-33-45(34-32-40)58(44-20-9-4-10-21-44)46-22-13-19-43(37-46)47-35-36-52-55-48(47)25-14-26-51(55)56-53(41-15-5-2-6-16-41)49-23-11-12-24-50(49)54(57(52)56)42-17-7-3-8-18-42/h2-37H,1H3. The van der Waals surface area contributed by atoms with Gasteiger partial charge in [0.05, 0.1) is 0 Å². The predicted octanol–water partition coefficient (Wildman–Crippen LogP) is 16.1. The minimum absolute atomic E-state index is 1.11. The molecule has 0 unspecified atom stereocenters. The zero-order chi connectivity index (χ0) is 38.6. The van der Waals surface area contributed by atoms with Crippen LogP contribution in [-0.2, 0) is 0 Å². The summed E-state index contributed by atoms with van der Waals surface area (Å²) in [5, 5.41) is 5.13. The molecule has 0 heterocycles. The Hall–Kier alpha value is -7.48. The van der Waals surface area contributed by atoms with E-state index in [9.17, 15) is 0 Å². The van der Waals surface area contributed by atoms with Gasteiger partial charge < -0.3 is 4.90 Å². The van der Waals surface area contributed by atoms with Crippen LogP contribution in [0.4, 0.5) is 17.1 Å². The molecule has 0 fully saturated rings. The van der Waals surface area contributed by atoms with Crippen molar-refractivity contribution in [2.24, 2.45) is 0 Å². The minimum atomic E-state index is 1.11. The molecule has 0 spiro atoms. The molecule has 0 saturated carbocycles. The lowest BCUT2D eigenvalue weighted by Crippen LogP contribution is -2.09. The van der Waals surface area contributed by atoms with Crippen LogP contribution in [0.25, 0.3) is 88.3 Å². The van der Waals surface area contributed by atoms with E-state index < -0.39 is 0 Å². The van der Waals surface area contributed by atoms with Crippen LogP contribution in [0.2, 0.25) is 0 Å². The molecule has 10 aromatic rings. The van der Waals surface area contributed by atoms with Crippen molar-refractivity contribution >= 4 is 38.6 Å². The molecule has 0 amide bonds. The van der Waals surface area contributed by atoms with Gasteiger partial charge in [-0.2, -0.15) is 0 Å². The molecule has 1 aliphatic carbocycles. The topological polar surface area (TPSA) is 3.24 Å². The van der Waals surface area contributed by atoms with E-state index in [2.05, 4.69) is 230 Å². The second-order valence-corrected chi connectivity index (χ2v) is 15.3. The first-order valence-electron chi connectivity index (χ1n) is 20.1. The SMILES string of the molecule is Cc1ccc(-c2ccc(N(c3ccccc3)c3cccc(-c4ccc5c6c(cccc46)-c4c-5c(-c5ccccc5)c5ccccc5c4-c4ccccc4)c3)cc2)cc1. The van der Waals surface area contributed by atoms with E-state index in [-0.39, 0.29) is 0 Å². The first kappa shape index (κ1) is 33.8. The van der Waals surface area contributed by atoms with E-state index in [1.54, 1.807) is 0 Å². The number of fused-ring (bicyclic) bond motifs is 4. The van der Waals surface area contributed by atoms with Gasteiger partial charge in [-0.25, -0.2) is 0 Å². The van der Waals surface area contributed by atoms with Crippen molar-refractivity contribution in [1.29, 1.82) is 0 Å². The van der Waals surface area contributed by atoms with Crippen molar-refractivity contribution in [3.05, 3.63) is 224 Å². The van der Waals surface area contributed by atoms with Gasteiger partial charge in [-0.15, -0.1) is 0 Å². The molecular formula is C57H39N. The van der Waals surface area contributed by atoms with Crippen molar-refractivity contribution in [3.8, 4) is 66.8 Å². The number of rotatable bonds is 7. The first-order valence-corrected chi connectivity index (χ1v) is 20.1. The summed E-state index contributed by atoms with van der Waals surface area (Å²) in [4.78, 5) is 2.36. The fraction of sp³-hybridized carbons (Fsp3) is 0.0175. The average Bonchev–Trinajstić information content (AvgIpc) is 3.62. The highest BCUT2D eigenvalue weighted by molar-refractivity contribution is 6.28. The van der Waals surface area contributed by atoms with Crippen LogP contribution >= 0.6 is 0 Å². The van der Waals surface area contributed by atoms with E-state index in [1.807, 2.05) is 0 Å². The monoisotopic (exact) mass is 737 g/mol. The molecule has 0 bridgehead atoms. The summed E-state index contributed by atoms with van der Waals surface area (Å²) in [6.45, 7) is 2.13. The Morgan fingerprint density at radius 3 is 1.34 bits per heavy atom. The van der Waals surface area contributed by atoms with E-state index in [4.69, 9.17) is 0 Å². The van der Waals surface area contributed by atoms with Crippen LogP contribution in [0.15, 0.2) is 218 Å². The number of aryl methyl sites for hydroxylation is 1. The van der Waals surface area contributed by atoms with E-state index >= 15 is 0 Å². The zero-order valence-electron chi connectivity index (χ0n) is 32.2. The van der Waals surface area contributed by atoms with Gasteiger partial charge in [0.15, 0.2) is 0 Å². The summed E-state index contributed by atoms with van der Waals surface area (Å²) in [5.74, 6) is 0. The van der Waals surface area contributed by atoms with Crippen molar-refractivity contribution in [2.45, 2.75) is 6.92 Å². The largest absolute Gasteiger partial charge is 0.310 e. The average molecular weight is 738 g/mol. The van der Waals surface area contributed by atoms with Crippen molar-refractivity contribution in [1.82, 2.24) is 0 Å². The molecule has 272 valence electrons. The van der Waals surface area contributed by atoms with Crippen LogP contribution in [0.5, 0.6) is 0 Å². The van der Waals surface area contributed by atoms with Crippen LogP contribution in [-0.4, -0.2) is 0 Å². The van der Waals surface area contributed by atoms with Gasteiger partial charge in [0, 0.05) is 17.1 Å². The maximum Gasteiger partial charge on any atom is 0.0467 e. The molecule has 0 N–H and O–H groups in total.